The number of benzene rings is 3. The molecule has 1 heterocycles. The molecule has 0 spiro atoms. The fraction of sp³-hybridized carbons (Fsp3) is 0.214. The number of ketones is 1. The molecule has 180 valence electrons. The van der Waals surface area contributed by atoms with Crippen molar-refractivity contribution in [2.24, 2.45) is 0 Å². The van der Waals surface area contributed by atoms with E-state index in [2.05, 4.69) is 0 Å². The third-order valence-corrected chi connectivity index (χ3v) is 6.14. The Bertz CT molecular complexity index is 1280. The van der Waals surface area contributed by atoms with Gasteiger partial charge in [-0.3, -0.25) is 9.59 Å². The van der Waals surface area contributed by atoms with Crippen molar-refractivity contribution >= 4 is 17.4 Å². The first kappa shape index (κ1) is 24.0. The van der Waals surface area contributed by atoms with E-state index in [4.69, 9.17) is 9.47 Å². The minimum Gasteiger partial charge on any atom is -0.507 e. The smallest absolute Gasteiger partial charge is 0.295 e. The van der Waals surface area contributed by atoms with Crippen LogP contribution >= 0.6 is 0 Å². The van der Waals surface area contributed by atoms with Gasteiger partial charge in [0.25, 0.3) is 11.7 Å². The molecule has 0 bridgehead atoms. The topological polar surface area (TPSA) is 76.1 Å². The van der Waals surface area contributed by atoms with Gasteiger partial charge in [0.2, 0.25) is 0 Å². The second-order valence-electron chi connectivity index (χ2n) is 8.35. The van der Waals surface area contributed by atoms with Crippen molar-refractivity contribution in [3.63, 3.8) is 0 Å². The number of Topliss-reactive ketones (excluding diaryl/α,β-unsaturated/α-hetero) is 1. The van der Waals surface area contributed by atoms with Crippen LogP contribution in [0.3, 0.4) is 0 Å². The van der Waals surface area contributed by atoms with E-state index in [1.165, 1.54) is 29.2 Å². The fourth-order valence-electron chi connectivity index (χ4n) is 4.25. The molecule has 1 atom stereocenters. The van der Waals surface area contributed by atoms with Crippen LogP contribution in [0.25, 0.3) is 5.76 Å². The van der Waals surface area contributed by atoms with E-state index in [1.54, 1.807) is 32.4 Å². The predicted molar refractivity (Wildman–Crippen MR) is 130 cm³/mol. The normalized spacial score (nSPS) is 17.0. The van der Waals surface area contributed by atoms with E-state index in [-0.39, 0.29) is 17.9 Å². The third-order valence-electron chi connectivity index (χ3n) is 6.14. The summed E-state index contributed by atoms with van der Waals surface area (Å²) in [6.07, 6.45) is 0.426. The number of aliphatic hydroxyl groups excluding tert-OH is 1. The number of nitrogens with zero attached hydrogens (tertiary/aromatic N) is 1. The first-order valence-electron chi connectivity index (χ1n) is 11.2. The Kier molecular flexibility index (Phi) is 6.87. The van der Waals surface area contributed by atoms with E-state index in [1.807, 2.05) is 31.2 Å². The van der Waals surface area contributed by atoms with Crippen LogP contribution in [-0.4, -0.2) is 42.5 Å². The molecule has 1 saturated heterocycles. The quantitative estimate of drug-likeness (QED) is 0.301. The van der Waals surface area contributed by atoms with Gasteiger partial charge < -0.3 is 19.5 Å². The average Bonchev–Trinajstić information content (AvgIpc) is 3.12. The second-order valence-corrected chi connectivity index (χ2v) is 8.35. The molecular weight excluding hydrogens is 449 g/mol. The van der Waals surface area contributed by atoms with Gasteiger partial charge in [-0.05, 0) is 48.7 Å². The number of methoxy groups -OCH3 is 2. The minimum absolute atomic E-state index is 0.0160. The van der Waals surface area contributed by atoms with Gasteiger partial charge in [-0.1, -0.05) is 48.0 Å². The van der Waals surface area contributed by atoms with Crippen LogP contribution in [0.5, 0.6) is 11.5 Å². The summed E-state index contributed by atoms with van der Waals surface area (Å²) in [5.74, 6) is -1.04. The highest BCUT2D eigenvalue weighted by Crippen LogP contribution is 2.39. The number of carbonyl (C=O) groups is 2. The van der Waals surface area contributed by atoms with Crippen molar-refractivity contribution in [1.29, 1.82) is 0 Å². The van der Waals surface area contributed by atoms with Crippen molar-refractivity contribution in [2.45, 2.75) is 19.4 Å². The molecule has 1 aliphatic heterocycles. The summed E-state index contributed by atoms with van der Waals surface area (Å²) in [6, 6.07) is 17.2. The summed E-state index contributed by atoms with van der Waals surface area (Å²) in [4.78, 5) is 27.7. The van der Waals surface area contributed by atoms with Gasteiger partial charge in [-0.2, -0.15) is 0 Å². The number of hydrogen-bond acceptors (Lipinski definition) is 5. The number of rotatable bonds is 7. The molecule has 0 saturated carbocycles. The minimum atomic E-state index is -0.850. The first-order chi connectivity index (χ1) is 16.8. The summed E-state index contributed by atoms with van der Waals surface area (Å²) < 4.78 is 24.3. The summed E-state index contributed by atoms with van der Waals surface area (Å²) in [5, 5.41) is 11.1. The first-order valence-corrected chi connectivity index (χ1v) is 11.2. The van der Waals surface area contributed by atoms with E-state index in [9.17, 15) is 19.1 Å². The van der Waals surface area contributed by atoms with Crippen molar-refractivity contribution in [3.05, 3.63) is 100 Å². The molecule has 35 heavy (non-hydrogen) atoms. The maximum Gasteiger partial charge on any atom is 0.295 e. The highest BCUT2D eigenvalue weighted by atomic mass is 19.1. The molecule has 0 aromatic heterocycles. The number of hydrogen-bond donors (Lipinski definition) is 1. The number of carbonyl (C=O) groups excluding carboxylic acids is 2. The van der Waals surface area contributed by atoms with Crippen LogP contribution in [0.15, 0.2) is 72.3 Å². The third kappa shape index (κ3) is 4.75. The molecule has 3 aromatic carbocycles. The lowest BCUT2D eigenvalue weighted by Crippen LogP contribution is -2.31. The molecule has 4 rings (SSSR count). The van der Waals surface area contributed by atoms with Crippen molar-refractivity contribution in [2.75, 3.05) is 20.8 Å². The maximum absolute atomic E-state index is 13.7. The van der Waals surface area contributed by atoms with Gasteiger partial charge in [-0.25, -0.2) is 4.39 Å². The van der Waals surface area contributed by atoms with Gasteiger partial charge in [0.1, 0.15) is 11.6 Å². The maximum atomic E-state index is 13.7. The fourth-order valence-corrected chi connectivity index (χ4v) is 4.25. The molecule has 0 unspecified atom stereocenters. The summed E-state index contributed by atoms with van der Waals surface area (Å²) in [5.41, 5.74) is 2.82. The molecule has 1 aliphatic rings. The Morgan fingerprint density at radius 2 is 1.60 bits per heavy atom. The lowest BCUT2D eigenvalue weighted by Gasteiger charge is -2.25. The molecule has 6 nitrogen and oxygen atoms in total. The molecule has 1 N–H and O–H groups in total. The highest BCUT2D eigenvalue weighted by molar-refractivity contribution is 6.46. The van der Waals surface area contributed by atoms with Crippen molar-refractivity contribution in [1.82, 2.24) is 4.90 Å². The van der Waals surface area contributed by atoms with Gasteiger partial charge >= 0.3 is 0 Å². The van der Waals surface area contributed by atoms with Crippen molar-refractivity contribution in [3.8, 4) is 11.5 Å². The number of aryl methyl sites for hydroxylation is 1. The number of amides is 1. The van der Waals surface area contributed by atoms with E-state index < -0.39 is 23.5 Å². The Balaban J connectivity index is 1.73. The van der Waals surface area contributed by atoms with E-state index in [0.717, 1.165) is 11.1 Å². The highest BCUT2D eigenvalue weighted by Gasteiger charge is 2.45. The molecule has 0 radical (unpaired) electrons. The van der Waals surface area contributed by atoms with Gasteiger partial charge in [-0.15, -0.1) is 0 Å². The molecule has 1 amide bonds. The zero-order valence-electron chi connectivity index (χ0n) is 19.7. The number of aliphatic hydroxyl groups is 1. The Hall–Kier alpha value is -4.13. The van der Waals surface area contributed by atoms with Crippen LogP contribution < -0.4 is 9.47 Å². The largest absolute Gasteiger partial charge is 0.507 e. The van der Waals surface area contributed by atoms with Gasteiger partial charge in [0.05, 0.1) is 25.8 Å². The van der Waals surface area contributed by atoms with Crippen LogP contribution in [0, 0.1) is 12.7 Å². The van der Waals surface area contributed by atoms with Crippen LogP contribution in [0.2, 0.25) is 0 Å². The number of ether oxygens (including phenoxy) is 2. The number of likely N-dealkylation sites (tertiary alicyclic amines) is 1. The lowest BCUT2D eigenvalue weighted by atomic mass is 9.95. The zero-order chi connectivity index (χ0) is 25.1. The monoisotopic (exact) mass is 475 g/mol. The lowest BCUT2D eigenvalue weighted by molar-refractivity contribution is -0.139. The molecule has 3 aromatic rings. The summed E-state index contributed by atoms with van der Waals surface area (Å²) in [6.45, 7) is 2.11. The van der Waals surface area contributed by atoms with Crippen LogP contribution in [0.1, 0.15) is 28.3 Å². The van der Waals surface area contributed by atoms with E-state index in [0.29, 0.717) is 29.0 Å². The summed E-state index contributed by atoms with van der Waals surface area (Å²) in [7, 11) is 3.09. The van der Waals surface area contributed by atoms with Crippen LogP contribution in [-0.2, 0) is 16.0 Å². The average molecular weight is 476 g/mol. The van der Waals surface area contributed by atoms with E-state index >= 15 is 0 Å². The predicted octanol–water partition coefficient (Wildman–Crippen LogP) is 4.82. The Labute approximate surface area is 203 Å². The Morgan fingerprint density at radius 1 is 0.943 bits per heavy atom. The zero-order valence-corrected chi connectivity index (χ0v) is 19.7. The van der Waals surface area contributed by atoms with Crippen LogP contribution in [0.4, 0.5) is 4.39 Å². The molecule has 1 fully saturated rings. The molecular formula is C28H26FNO5. The SMILES string of the molecule is COc1ccc(CCN2C(=O)C(=O)C(=C(O)c3ccc(C)cc3)[C@@H]2c2ccc(F)cc2)cc1OC. The second kappa shape index (κ2) is 10.0. The van der Waals surface area contributed by atoms with Gasteiger partial charge in [0.15, 0.2) is 11.5 Å². The summed E-state index contributed by atoms with van der Waals surface area (Å²) >= 11 is 0. The number of halogens is 1. The van der Waals surface area contributed by atoms with Gasteiger partial charge in [0, 0.05) is 12.1 Å². The Morgan fingerprint density at radius 3 is 2.23 bits per heavy atom. The molecule has 0 aliphatic carbocycles. The molecule has 7 heteroatoms. The van der Waals surface area contributed by atoms with Crippen molar-refractivity contribution < 1.29 is 28.6 Å². The standard InChI is InChI=1S/C28H26FNO5/c1-17-4-7-20(8-5-17)26(31)24-25(19-9-11-21(29)12-10-19)30(28(33)27(24)32)15-14-18-6-13-22(34-2)23(16-18)35-3/h4-13,16,25,31H,14-15H2,1-3H3/t25-/m0/s1.